The highest BCUT2D eigenvalue weighted by Gasteiger charge is 2.13. The summed E-state index contributed by atoms with van der Waals surface area (Å²) in [6, 6.07) is 14.2. The van der Waals surface area contributed by atoms with Crippen molar-refractivity contribution < 1.29 is 0 Å². The Morgan fingerprint density at radius 3 is 2.25 bits per heavy atom. The monoisotopic (exact) mass is 351 g/mol. The maximum atomic E-state index is 6.35. The van der Waals surface area contributed by atoms with Crippen LogP contribution in [0.25, 0.3) is 0 Å². The molecule has 0 heterocycles. The van der Waals surface area contributed by atoms with Crippen LogP contribution in [0.1, 0.15) is 48.9 Å². The summed E-state index contributed by atoms with van der Waals surface area (Å²) in [6.07, 6.45) is 1.15. The Morgan fingerprint density at radius 2 is 1.70 bits per heavy atom. The second-order valence-corrected chi connectivity index (χ2v) is 6.41. The van der Waals surface area contributed by atoms with Crippen LogP contribution in [0.3, 0.4) is 0 Å². The summed E-state index contributed by atoms with van der Waals surface area (Å²) < 4.78 is 0.948. The minimum atomic E-state index is -0.146. The average molecular weight is 353 g/mol. The van der Waals surface area contributed by atoms with Gasteiger partial charge >= 0.3 is 0 Å². The molecule has 0 bridgehead atoms. The van der Waals surface area contributed by atoms with Gasteiger partial charge in [-0.25, -0.2) is 0 Å². The highest BCUT2D eigenvalue weighted by molar-refractivity contribution is 9.10. The van der Waals surface area contributed by atoms with Crippen molar-refractivity contribution >= 4 is 27.5 Å². The maximum Gasteiger partial charge on any atom is 0.0562 e. The summed E-state index contributed by atoms with van der Waals surface area (Å²) in [4.78, 5) is 0. The average Bonchev–Trinajstić information content (AvgIpc) is 2.46. The van der Waals surface area contributed by atoms with Gasteiger partial charge in [0.25, 0.3) is 0 Å². The largest absolute Gasteiger partial charge is 0.320 e. The Hall–Kier alpha value is -0.830. The lowest BCUT2D eigenvalue weighted by Gasteiger charge is -2.16. The third-order valence-corrected chi connectivity index (χ3v) is 4.70. The lowest BCUT2D eigenvalue weighted by atomic mass is 9.94. The summed E-state index contributed by atoms with van der Waals surface area (Å²) in [7, 11) is 0. The van der Waals surface area contributed by atoms with Gasteiger partial charge in [-0.1, -0.05) is 71.7 Å². The van der Waals surface area contributed by atoms with Gasteiger partial charge in [-0.2, -0.15) is 0 Å². The zero-order valence-corrected chi connectivity index (χ0v) is 14.1. The van der Waals surface area contributed by atoms with Gasteiger partial charge in [0.1, 0.15) is 0 Å². The van der Waals surface area contributed by atoms with E-state index in [1.165, 1.54) is 5.56 Å². The first kappa shape index (κ1) is 15.6. The number of hydrogen-bond acceptors (Lipinski definition) is 1. The number of nitrogens with two attached hydrogens (primary N) is 1. The molecule has 106 valence electrons. The van der Waals surface area contributed by atoms with Crippen LogP contribution in [0, 0.1) is 0 Å². The Morgan fingerprint density at radius 1 is 1.10 bits per heavy atom. The van der Waals surface area contributed by atoms with Crippen molar-refractivity contribution in [2.45, 2.75) is 32.2 Å². The molecule has 0 fully saturated rings. The van der Waals surface area contributed by atoms with Crippen molar-refractivity contribution in [3.63, 3.8) is 0 Å². The number of benzene rings is 2. The highest BCUT2D eigenvalue weighted by Crippen LogP contribution is 2.30. The molecule has 1 nitrogen and oxygen atoms in total. The zero-order chi connectivity index (χ0) is 14.7. The lowest BCUT2D eigenvalue weighted by Crippen LogP contribution is -2.12. The molecule has 0 saturated carbocycles. The summed E-state index contributed by atoms with van der Waals surface area (Å²) >= 11 is 9.50. The van der Waals surface area contributed by atoms with Crippen molar-refractivity contribution in [3.8, 4) is 0 Å². The molecule has 0 aliphatic heterocycles. The number of hydrogen-bond donors (Lipinski definition) is 1. The molecule has 0 spiro atoms. The van der Waals surface area contributed by atoms with Gasteiger partial charge in [0, 0.05) is 9.50 Å². The smallest absolute Gasteiger partial charge is 0.0562 e. The standard InChI is InChI=1S/C17H19BrClN/c1-3-11(2)12-4-6-13(7-5-12)17(20)15-9-8-14(19)10-16(15)18/h4-11,17H,3,20H2,1-2H3. The molecule has 0 aromatic heterocycles. The maximum absolute atomic E-state index is 6.35. The number of rotatable bonds is 4. The van der Waals surface area contributed by atoms with Gasteiger partial charge in [0.2, 0.25) is 0 Å². The molecule has 2 atom stereocenters. The molecule has 0 saturated heterocycles. The van der Waals surface area contributed by atoms with Crippen molar-refractivity contribution in [1.82, 2.24) is 0 Å². The summed E-state index contributed by atoms with van der Waals surface area (Å²) in [5.41, 5.74) is 9.87. The molecule has 3 heteroatoms. The zero-order valence-electron chi connectivity index (χ0n) is 11.7. The fraction of sp³-hybridized carbons (Fsp3) is 0.294. The topological polar surface area (TPSA) is 26.0 Å². The Kier molecular flexibility index (Phi) is 5.25. The van der Waals surface area contributed by atoms with Gasteiger partial charge in [0.05, 0.1) is 6.04 Å². The second-order valence-electron chi connectivity index (χ2n) is 5.12. The predicted molar refractivity (Wildman–Crippen MR) is 90.3 cm³/mol. The van der Waals surface area contributed by atoms with E-state index in [0.717, 1.165) is 22.0 Å². The fourth-order valence-corrected chi connectivity index (χ4v) is 3.13. The Balaban J connectivity index is 2.26. The molecule has 0 aliphatic carbocycles. The van der Waals surface area contributed by atoms with E-state index in [1.807, 2.05) is 18.2 Å². The molecule has 2 aromatic carbocycles. The third kappa shape index (κ3) is 3.43. The summed E-state index contributed by atoms with van der Waals surface area (Å²) in [5.74, 6) is 0.586. The van der Waals surface area contributed by atoms with Crippen LogP contribution >= 0.6 is 27.5 Å². The van der Waals surface area contributed by atoms with Gasteiger partial charge in [0.15, 0.2) is 0 Å². The van der Waals surface area contributed by atoms with Crippen molar-refractivity contribution in [3.05, 3.63) is 68.7 Å². The van der Waals surface area contributed by atoms with Crippen molar-refractivity contribution in [2.75, 3.05) is 0 Å². The van der Waals surface area contributed by atoms with E-state index in [-0.39, 0.29) is 6.04 Å². The van der Waals surface area contributed by atoms with Gasteiger partial charge in [-0.05, 0) is 41.2 Å². The van der Waals surface area contributed by atoms with Crippen LogP contribution < -0.4 is 5.73 Å². The molecule has 0 radical (unpaired) electrons. The Bertz CT molecular complexity index is 580. The molecule has 0 amide bonds. The molecular weight excluding hydrogens is 334 g/mol. The quantitative estimate of drug-likeness (QED) is 0.754. The van der Waals surface area contributed by atoms with Crippen LogP contribution in [0.2, 0.25) is 5.02 Å². The third-order valence-electron chi connectivity index (χ3n) is 3.77. The van der Waals surface area contributed by atoms with E-state index < -0.39 is 0 Å². The van der Waals surface area contributed by atoms with Crippen LogP contribution in [-0.4, -0.2) is 0 Å². The van der Waals surface area contributed by atoms with Gasteiger partial charge in [-0.15, -0.1) is 0 Å². The minimum absolute atomic E-state index is 0.146. The fourth-order valence-electron chi connectivity index (χ4n) is 2.20. The van der Waals surface area contributed by atoms with Crippen LogP contribution in [0.15, 0.2) is 46.9 Å². The van der Waals surface area contributed by atoms with E-state index in [4.69, 9.17) is 17.3 Å². The molecular formula is C17H19BrClN. The van der Waals surface area contributed by atoms with Crippen molar-refractivity contribution in [2.24, 2.45) is 5.73 Å². The van der Waals surface area contributed by atoms with E-state index in [0.29, 0.717) is 10.9 Å². The van der Waals surface area contributed by atoms with E-state index in [9.17, 15) is 0 Å². The molecule has 2 aromatic rings. The molecule has 2 N–H and O–H groups in total. The second kappa shape index (κ2) is 6.75. The molecule has 2 unspecified atom stereocenters. The SMILES string of the molecule is CCC(C)c1ccc(C(N)c2ccc(Cl)cc2Br)cc1. The molecule has 2 rings (SSSR count). The van der Waals surface area contributed by atoms with Gasteiger partial charge in [-0.3, -0.25) is 0 Å². The van der Waals surface area contributed by atoms with Crippen LogP contribution in [0.4, 0.5) is 0 Å². The number of halogens is 2. The predicted octanol–water partition coefficient (Wildman–Crippen LogP) is 5.66. The van der Waals surface area contributed by atoms with Crippen LogP contribution in [-0.2, 0) is 0 Å². The summed E-state index contributed by atoms with van der Waals surface area (Å²) in [6.45, 7) is 4.44. The van der Waals surface area contributed by atoms with E-state index >= 15 is 0 Å². The van der Waals surface area contributed by atoms with E-state index in [2.05, 4.69) is 54.0 Å². The van der Waals surface area contributed by atoms with Crippen LogP contribution in [0.5, 0.6) is 0 Å². The first-order valence-corrected chi connectivity index (χ1v) is 8.00. The van der Waals surface area contributed by atoms with Gasteiger partial charge < -0.3 is 5.73 Å². The first-order chi connectivity index (χ1) is 9.52. The molecule has 20 heavy (non-hydrogen) atoms. The summed E-state index contributed by atoms with van der Waals surface area (Å²) in [5, 5.41) is 0.708. The highest BCUT2D eigenvalue weighted by atomic mass is 79.9. The van der Waals surface area contributed by atoms with E-state index in [1.54, 1.807) is 0 Å². The Labute approximate surface area is 134 Å². The first-order valence-electron chi connectivity index (χ1n) is 6.83. The van der Waals surface area contributed by atoms with Crippen molar-refractivity contribution in [1.29, 1.82) is 0 Å². The normalized spacial score (nSPS) is 14.1. The molecule has 0 aliphatic rings. The minimum Gasteiger partial charge on any atom is -0.320 e. The lowest BCUT2D eigenvalue weighted by molar-refractivity contribution is 0.732.